The number of hydrogen-bond acceptors (Lipinski definition) is 2. The topological polar surface area (TPSA) is 52.6 Å². The summed E-state index contributed by atoms with van der Waals surface area (Å²) in [5.41, 5.74) is 2.36. The Kier molecular flexibility index (Phi) is 2.73. The first-order valence-electron chi connectivity index (χ1n) is 5.34. The molecule has 2 unspecified atom stereocenters. The van der Waals surface area contributed by atoms with Crippen molar-refractivity contribution in [1.29, 1.82) is 0 Å². The third-order valence-corrected chi connectivity index (χ3v) is 2.91. The fourth-order valence-electron chi connectivity index (χ4n) is 1.92. The summed E-state index contributed by atoms with van der Waals surface area (Å²) in [7, 11) is 4.00. The molecule has 0 aliphatic heterocycles. The standard InChI is InChI=1S/C12H16N2O2/c1-14(2)9-5-3-4-8(6-9)10-7-11(10)13-12(15)16/h3-6,10-11,13H,7H2,1-2H3,(H,15,16). The zero-order chi connectivity index (χ0) is 11.7. The van der Waals surface area contributed by atoms with Crippen LogP contribution in [0, 0.1) is 0 Å². The van der Waals surface area contributed by atoms with Gasteiger partial charge in [-0.1, -0.05) is 12.1 Å². The van der Waals surface area contributed by atoms with Crippen LogP contribution in [0.5, 0.6) is 0 Å². The van der Waals surface area contributed by atoms with Gasteiger partial charge >= 0.3 is 6.09 Å². The summed E-state index contributed by atoms with van der Waals surface area (Å²) in [6.45, 7) is 0. The molecule has 86 valence electrons. The van der Waals surface area contributed by atoms with Gasteiger partial charge < -0.3 is 15.3 Å². The molecule has 2 rings (SSSR count). The van der Waals surface area contributed by atoms with Crippen molar-refractivity contribution in [3.63, 3.8) is 0 Å². The molecule has 1 fully saturated rings. The predicted octanol–water partition coefficient (Wildman–Crippen LogP) is 1.88. The summed E-state index contributed by atoms with van der Waals surface area (Å²) in [5, 5.41) is 11.1. The number of anilines is 1. The zero-order valence-electron chi connectivity index (χ0n) is 9.47. The summed E-state index contributed by atoms with van der Waals surface area (Å²) in [6, 6.07) is 8.33. The highest BCUT2D eigenvalue weighted by atomic mass is 16.4. The minimum atomic E-state index is -0.934. The lowest BCUT2D eigenvalue weighted by Crippen LogP contribution is -2.24. The Balaban J connectivity index is 2.06. The minimum Gasteiger partial charge on any atom is -0.465 e. The second-order valence-electron chi connectivity index (χ2n) is 4.39. The van der Waals surface area contributed by atoms with E-state index in [1.807, 2.05) is 31.1 Å². The van der Waals surface area contributed by atoms with Crippen LogP contribution in [0.25, 0.3) is 0 Å². The number of carbonyl (C=O) groups is 1. The van der Waals surface area contributed by atoms with Crippen LogP contribution in [-0.4, -0.2) is 31.3 Å². The lowest BCUT2D eigenvalue weighted by Gasteiger charge is -2.13. The van der Waals surface area contributed by atoms with E-state index >= 15 is 0 Å². The molecule has 0 bridgehead atoms. The lowest BCUT2D eigenvalue weighted by atomic mass is 10.1. The fourth-order valence-corrected chi connectivity index (χ4v) is 1.92. The molecule has 4 nitrogen and oxygen atoms in total. The Morgan fingerprint density at radius 1 is 1.50 bits per heavy atom. The molecular weight excluding hydrogens is 204 g/mol. The van der Waals surface area contributed by atoms with Crippen molar-refractivity contribution in [2.24, 2.45) is 0 Å². The van der Waals surface area contributed by atoms with Gasteiger partial charge in [-0.2, -0.15) is 0 Å². The highest BCUT2D eigenvalue weighted by Crippen LogP contribution is 2.41. The quantitative estimate of drug-likeness (QED) is 0.817. The van der Waals surface area contributed by atoms with E-state index in [9.17, 15) is 4.79 Å². The van der Waals surface area contributed by atoms with Crippen LogP contribution in [0.15, 0.2) is 24.3 Å². The van der Waals surface area contributed by atoms with Gasteiger partial charge in [0.05, 0.1) is 0 Å². The number of nitrogens with zero attached hydrogens (tertiary/aromatic N) is 1. The van der Waals surface area contributed by atoms with E-state index in [0.717, 1.165) is 12.1 Å². The van der Waals surface area contributed by atoms with Crippen molar-refractivity contribution in [1.82, 2.24) is 5.32 Å². The maximum atomic E-state index is 10.5. The van der Waals surface area contributed by atoms with Gasteiger partial charge in [0.15, 0.2) is 0 Å². The van der Waals surface area contributed by atoms with Crippen LogP contribution in [0.4, 0.5) is 10.5 Å². The zero-order valence-corrected chi connectivity index (χ0v) is 9.47. The van der Waals surface area contributed by atoms with E-state index in [1.54, 1.807) is 0 Å². The monoisotopic (exact) mass is 220 g/mol. The number of hydrogen-bond donors (Lipinski definition) is 2. The Morgan fingerprint density at radius 2 is 2.25 bits per heavy atom. The average molecular weight is 220 g/mol. The molecule has 0 heterocycles. The Hall–Kier alpha value is -1.71. The van der Waals surface area contributed by atoms with Gasteiger partial charge in [-0.05, 0) is 24.1 Å². The van der Waals surface area contributed by atoms with Crippen molar-refractivity contribution in [3.05, 3.63) is 29.8 Å². The Morgan fingerprint density at radius 3 is 2.88 bits per heavy atom. The predicted molar refractivity (Wildman–Crippen MR) is 63.1 cm³/mol. The summed E-state index contributed by atoms with van der Waals surface area (Å²) >= 11 is 0. The molecule has 0 spiro atoms. The molecule has 0 aromatic heterocycles. The molecule has 0 saturated heterocycles. The lowest BCUT2D eigenvalue weighted by molar-refractivity contribution is 0.193. The fraction of sp³-hybridized carbons (Fsp3) is 0.417. The molecule has 2 atom stereocenters. The molecule has 1 aromatic rings. The molecule has 1 aliphatic carbocycles. The van der Waals surface area contributed by atoms with Crippen molar-refractivity contribution < 1.29 is 9.90 Å². The smallest absolute Gasteiger partial charge is 0.404 e. The van der Waals surface area contributed by atoms with E-state index in [-0.39, 0.29) is 6.04 Å². The third kappa shape index (κ3) is 2.27. The highest BCUT2D eigenvalue weighted by molar-refractivity contribution is 5.66. The van der Waals surface area contributed by atoms with E-state index in [0.29, 0.717) is 5.92 Å². The second-order valence-corrected chi connectivity index (χ2v) is 4.39. The first-order chi connectivity index (χ1) is 7.58. The van der Waals surface area contributed by atoms with Crippen LogP contribution in [0.2, 0.25) is 0 Å². The molecule has 0 radical (unpaired) electrons. The van der Waals surface area contributed by atoms with Gasteiger partial charge in [0.1, 0.15) is 0 Å². The number of carboxylic acid groups (broad SMARTS) is 1. The Bertz CT molecular complexity index is 404. The number of benzene rings is 1. The molecule has 16 heavy (non-hydrogen) atoms. The molecule has 4 heteroatoms. The third-order valence-electron chi connectivity index (χ3n) is 2.91. The normalized spacial score (nSPS) is 22.6. The van der Waals surface area contributed by atoms with Crippen molar-refractivity contribution >= 4 is 11.8 Å². The summed E-state index contributed by atoms with van der Waals surface area (Å²) in [6.07, 6.45) is -0.0281. The van der Waals surface area contributed by atoms with E-state index in [2.05, 4.69) is 17.4 Å². The van der Waals surface area contributed by atoms with Crippen LogP contribution in [0.3, 0.4) is 0 Å². The molecule has 1 aliphatic rings. The number of nitrogens with one attached hydrogen (secondary N) is 1. The summed E-state index contributed by atoms with van der Waals surface area (Å²) in [5.74, 6) is 0.344. The number of amides is 1. The van der Waals surface area contributed by atoms with Crippen LogP contribution in [0.1, 0.15) is 17.9 Å². The average Bonchev–Trinajstić information content (AvgIpc) is 2.96. The minimum absolute atomic E-state index is 0.0925. The van der Waals surface area contributed by atoms with Crippen molar-refractivity contribution in [2.45, 2.75) is 18.4 Å². The largest absolute Gasteiger partial charge is 0.465 e. The van der Waals surface area contributed by atoms with Crippen LogP contribution >= 0.6 is 0 Å². The van der Waals surface area contributed by atoms with Crippen molar-refractivity contribution in [2.75, 3.05) is 19.0 Å². The maximum Gasteiger partial charge on any atom is 0.404 e. The first kappa shape index (κ1) is 10.8. The second kappa shape index (κ2) is 4.04. The van der Waals surface area contributed by atoms with Gasteiger partial charge in [0, 0.05) is 31.7 Å². The van der Waals surface area contributed by atoms with E-state index in [4.69, 9.17) is 5.11 Å². The SMILES string of the molecule is CN(C)c1cccc(C2CC2NC(=O)O)c1. The summed E-state index contributed by atoms with van der Waals surface area (Å²) < 4.78 is 0. The van der Waals surface area contributed by atoms with Gasteiger partial charge in [-0.25, -0.2) is 4.79 Å². The van der Waals surface area contributed by atoms with Gasteiger partial charge in [-0.3, -0.25) is 0 Å². The summed E-state index contributed by atoms with van der Waals surface area (Å²) in [4.78, 5) is 12.5. The highest BCUT2D eigenvalue weighted by Gasteiger charge is 2.39. The molecule has 1 aromatic carbocycles. The van der Waals surface area contributed by atoms with Gasteiger partial charge in [-0.15, -0.1) is 0 Å². The van der Waals surface area contributed by atoms with Gasteiger partial charge in [0.25, 0.3) is 0 Å². The number of rotatable bonds is 3. The van der Waals surface area contributed by atoms with Crippen LogP contribution < -0.4 is 10.2 Å². The first-order valence-corrected chi connectivity index (χ1v) is 5.34. The maximum absolute atomic E-state index is 10.5. The molecular formula is C12H16N2O2. The van der Waals surface area contributed by atoms with Gasteiger partial charge in [0.2, 0.25) is 0 Å². The van der Waals surface area contributed by atoms with Crippen molar-refractivity contribution in [3.8, 4) is 0 Å². The molecule has 1 amide bonds. The molecule has 1 saturated carbocycles. The Labute approximate surface area is 94.9 Å². The van der Waals surface area contributed by atoms with E-state index in [1.165, 1.54) is 5.56 Å². The van der Waals surface area contributed by atoms with Crippen LogP contribution in [-0.2, 0) is 0 Å². The van der Waals surface area contributed by atoms with E-state index < -0.39 is 6.09 Å². The molecule has 2 N–H and O–H groups in total.